The van der Waals surface area contributed by atoms with Gasteiger partial charge in [0, 0.05) is 18.0 Å². The first-order valence-corrected chi connectivity index (χ1v) is 7.02. The van der Waals surface area contributed by atoms with E-state index in [2.05, 4.69) is 29.8 Å². The highest BCUT2D eigenvalue weighted by Gasteiger charge is 2.02. The maximum atomic E-state index is 5.63. The van der Waals surface area contributed by atoms with Crippen molar-refractivity contribution in [3.8, 4) is 0 Å². The summed E-state index contributed by atoms with van der Waals surface area (Å²) in [7, 11) is 0. The summed E-state index contributed by atoms with van der Waals surface area (Å²) in [6.45, 7) is 9.29. The van der Waals surface area contributed by atoms with Gasteiger partial charge in [0.05, 0.1) is 25.4 Å². The van der Waals surface area contributed by atoms with Crippen LogP contribution in [0.15, 0.2) is 17.5 Å². The molecule has 0 aliphatic rings. The minimum absolute atomic E-state index is 0.228. The van der Waals surface area contributed by atoms with Gasteiger partial charge in [-0.2, -0.15) is 0 Å². The van der Waals surface area contributed by atoms with Gasteiger partial charge in [0.15, 0.2) is 0 Å². The summed E-state index contributed by atoms with van der Waals surface area (Å²) in [6.07, 6.45) is 0.511. The number of rotatable bonds is 9. The standard InChI is InChI=1S/C13H23NO2S/c1-11(2)15-6-7-16-12(3)9-14-10-13-5-4-8-17-13/h4-5,8,11-12,14H,6-7,9-10H2,1-3H3. The van der Waals surface area contributed by atoms with E-state index in [-0.39, 0.29) is 12.2 Å². The van der Waals surface area contributed by atoms with Gasteiger partial charge in [-0.25, -0.2) is 0 Å². The molecular weight excluding hydrogens is 234 g/mol. The number of ether oxygens (including phenoxy) is 2. The molecular formula is C13H23NO2S. The molecule has 0 aromatic carbocycles. The summed E-state index contributed by atoms with van der Waals surface area (Å²) in [6, 6.07) is 4.21. The fraction of sp³-hybridized carbons (Fsp3) is 0.692. The van der Waals surface area contributed by atoms with Crippen molar-refractivity contribution in [1.82, 2.24) is 5.32 Å². The number of hydrogen-bond donors (Lipinski definition) is 1. The molecule has 0 fully saturated rings. The second kappa shape index (κ2) is 8.64. The molecule has 17 heavy (non-hydrogen) atoms. The largest absolute Gasteiger partial charge is 0.376 e. The molecule has 1 atom stereocenters. The summed E-state index contributed by atoms with van der Waals surface area (Å²) in [5.41, 5.74) is 0. The predicted molar refractivity (Wildman–Crippen MR) is 72.5 cm³/mol. The topological polar surface area (TPSA) is 30.5 Å². The molecule has 0 spiro atoms. The Labute approximate surface area is 108 Å². The molecule has 0 amide bonds. The van der Waals surface area contributed by atoms with Crippen molar-refractivity contribution in [2.24, 2.45) is 0 Å². The number of nitrogens with one attached hydrogen (secondary N) is 1. The first-order chi connectivity index (χ1) is 8.18. The highest BCUT2D eigenvalue weighted by molar-refractivity contribution is 7.09. The van der Waals surface area contributed by atoms with E-state index < -0.39 is 0 Å². The Balaban J connectivity index is 1.96. The Hall–Kier alpha value is -0.420. The number of hydrogen-bond acceptors (Lipinski definition) is 4. The van der Waals surface area contributed by atoms with Crippen molar-refractivity contribution in [3.05, 3.63) is 22.4 Å². The van der Waals surface area contributed by atoms with E-state index in [0.717, 1.165) is 13.1 Å². The summed E-state index contributed by atoms with van der Waals surface area (Å²) in [5.74, 6) is 0. The van der Waals surface area contributed by atoms with Gasteiger partial charge in [-0.15, -0.1) is 11.3 Å². The molecule has 0 saturated carbocycles. The van der Waals surface area contributed by atoms with Crippen LogP contribution in [0.25, 0.3) is 0 Å². The van der Waals surface area contributed by atoms with Gasteiger partial charge in [-0.1, -0.05) is 6.07 Å². The lowest BCUT2D eigenvalue weighted by Crippen LogP contribution is -2.27. The third-order valence-electron chi connectivity index (χ3n) is 2.25. The Kier molecular flexibility index (Phi) is 7.44. The predicted octanol–water partition coefficient (Wildman–Crippen LogP) is 2.67. The van der Waals surface area contributed by atoms with Crippen LogP contribution in [0.4, 0.5) is 0 Å². The van der Waals surface area contributed by atoms with E-state index >= 15 is 0 Å². The average Bonchev–Trinajstić information content (AvgIpc) is 2.77. The maximum Gasteiger partial charge on any atom is 0.0704 e. The first kappa shape index (κ1) is 14.6. The van der Waals surface area contributed by atoms with Crippen LogP contribution in [0.1, 0.15) is 25.6 Å². The van der Waals surface area contributed by atoms with Crippen LogP contribution in [-0.2, 0) is 16.0 Å². The van der Waals surface area contributed by atoms with E-state index in [9.17, 15) is 0 Å². The third kappa shape index (κ3) is 7.49. The Bertz CT molecular complexity index is 275. The molecule has 0 radical (unpaired) electrons. The van der Waals surface area contributed by atoms with Crippen molar-refractivity contribution in [3.63, 3.8) is 0 Å². The summed E-state index contributed by atoms with van der Waals surface area (Å²) in [5, 5.41) is 5.48. The zero-order valence-electron chi connectivity index (χ0n) is 10.9. The molecule has 1 aromatic heterocycles. The lowest BCUT2D eigenvalue weighted by molar-refractivity contribution is -0.00614. The van der Waals surface area contributed by atoms with Gasteiger partial charge in [-0.3, -0.25) is 0 Å². The van der Waals surface area contributed by atoms with Crippen LogP contribution in [-0.4, -0.2) is 32.0 Å². The molecule has 1 heterocycles. The van der Waals surface area contributed by atoms with Gasteiger partial charge in [0.25, 0.3) is 0 Å². The van der Waals surface area contributed by atoms with E-state index in [0.29, 0.717) is 13.2 Å². The van der Waals surface area contributed by atoms with Crippen molar-refractivity contribution in [2.45, 2.75) is 39.5 Å². The van der Waals surface area contributed by atoms with Gasteiger partial charge >= 0.3 is 0 Å². The van der Waals surface area contributed by atoms with Crippen molar-refractivity contribution in [1.29, 1.82) is 0 Å². The molecule has 0 aliphatic carbocycles. The van der Waals surface area contributed by atoms with Gasteiger partial charge in [0.1, 0.15) is 0 Å². The normalized spacial score (nSPS) is 13.2. The quantitative estimate of drug-likeness (QED) is 0.690. The van der Waals surface area contributed by atoms with Crippen LogP contribution in [0.5, 0.6) is 0 Å². The summed E-state index contributed by atoms with van der Waals surface area (Å²) < 4.78 is 11.0. The second-order valence-corrected chi connectivity index (χ2v) is 5.34. The third-order valence-corrected chi connectivity index (χ3v) is 3.12. The van der Waals surface area contributed by atoms with E-state index in [4.69, 9.17) is 9.47 Å². The van der Waals surface area contributed by atoms with E-state index in [1.165, 1.54) is 4.88 Å². The molecule has 0 saturated heterocycles. The Morgan fingerprint density at radius 3 is 2.65 bits per heavy atom. The van der Waals surface area contributed by atoms with Gasteiger partial charge < -0.3 is 14.8 Å². The fourth-order valence-electron chi connectivity index (χ4n) is 1.40. The molecule has 4 heteroatoms. The highest BCUT2D eigenvalue weighted by atomic mass is 32.1. The molecule has 98 valence electrons. The van der Waals surface area contributed by atoms with Crippen molar-refractivity contribution < 1.29 is 9.47 Å². The minimum Gasteiger partial charge on any atom is -0.376 e. The Morgan fingerprint density at radius 1 is 1.24 bits per heavy atom. The SMILES string of the molecule is CC(C)OCCOC(C)CNCc1cccs1. The van der Waals surface area contributed by atoms with Gasteiger partial charge in [-0.05, 0) is 32.2 Å². The molecule has 0 aliphatic heterocycles. The van der Waals surface area contributed by atoms with Crippen molar-refractivity contribution in [2.75, 3.05) is 19.8 Å². The van der Waals surface area contributed by atoms with Crippen LogP contribution in [0, 0.1) is 0 Å². The van der Waals surface area contributed by atoms with Gasteiger partial charge in [0.2, 0.25) is 0 Å². The second-order valence-electron chi connectivity index (χ2n) is 4.31. The average molecular weight is 257 g/mol. The molecule has 1 rings (SSSR count). The lowest BCUT2D eigenvalue weighted by Gasteiger charge is -2.14. The molecule has 1 aromatic rings. The number of thiophene rings is 1. The molecule has 0 bridgehead atoms. The van der Waals surface area contributed by atoms with Crippen LogP contribution < -0.4 is 5.32 Å². The molecule has 1 unspecified atom stereocenters. The molecule has 3 nitrogen and oxygen atoms in total. The van der Waals surface area contributed by atoms with E-state index in [1.54, 1.807) is 11.3 Å². The Morgan fingerprint density at radius 2 is 2.00 bits per heavy atom. The highest BCUT2D eigenvalue weighted by Crippen LogP contribution is 2.07. The molecule has 1 N–H and O–H groups in total. The smallest absolute Gasteiger partial charge is 0.0704 e. The summed E-state index contributed by atoms with van der Waals surface area (Å²) >= 11 is 1.78. The minimum atomic E-state index is 0.228. The van der Waals surface area contributed by atoms with E-state index in [1.807, 2.05) is 13.8 Å². The maximum absolute atomic E-state index is 5.63. The van der Waals surface area contributed by atoms with Crippen LogP contribution in [0.2, 0.25) is 0 Å². The van der Waals surface area contributed by atoms with Crippen LogP contribution in [0.3, 0.4) is 0 Å². The zero-order chi connectivity index (χ0) is 12.5. The zero-order valence-corrected chi connectivity index (χ0v) is 11.8. The monoisotopic (exact) mass is 257 g/mol. The summed E-state index contributed by atoms with van der Waals surface area (Å²) in [4.78, 5) is 1.36. The van der Waals surface area contributed by atoms with Crippen LogP contribution >= 0.6 is 11.3 Å². The van der Waals surface area contributed by atoms with Crippen molar-refractivity contribution >= 4 is 11.3 Å². The first-order valence-electron chi connectivity index (χ1n) is 6.14. The lowest BCUT2D eigenvalue weighted by atomic mass is 10.4. The fourth-order valence-corrected chi connectivity index (χ4v) is 2.08.